The van der Waals surface area contributed by atoms with E-state index in [2.05, 4.69) is 52.8 Å². The SMILES string of the molecule is CC(C)=CC[C@H](O)[C@@H](C)[C@H]1CC[C@@]2(C)c3ccc4c(c3C[C@@H](O)[C@]12C)[C@@H](O)C[C@H](O)C4(C)C. The quantitative estimate of drug-likeness (QED) is 0.495. The third-order valence-electron chi connectivity index (χ3n) is 10.3. The number of fused-ring (bicyclic) bond motifs is 5. The van der Waals surface area contributed by atoms with Crippen LogP contribution < -0.4 is 0 Å². The Morgan fingerprint density at radius 3 is 2.33 bits per heavy atom. The van der Waals surface area contributed by atoms with Crippen LogP contribution in [0, 0.1) is 17.3 Å². The molecule has 4 rings (SSSR count). The summed E-state index contributed by atoms with van der Waals surface area (Å²) in [4.78, 5) is 0. The molecule has 0 aliphatic heterocycles. The fraction of sp³-hybridized carbons (Fsp3) is 0.724. The third kappa shape index (κ3) is 3.47. The lowest BCUT2D eigenvalue weighted by Crippen LogP contribution is -2.56. The van der Waals surface area contributed by atoms with Crippen LogP contribution >= 0.6 is 0 Å². The second-order valence-corrected chi connectivity index (χ2v) is 12.5. The zero-order valence-electron chi connectivity index (χ0n) is 21.5. The molecule has 1 saturated carbocycles. The van der Waals surface area contributed by atoms with Gasteiger partial charge in [-0.05, 0) is 73.6 Å². The molecule has 0 radical (unpaired) electrons. The van der Waals surface area contributed by atoms with Gasteiger partial charge in [0.2, 0.25) is 0 Å². The van der Waals surface area contributed by atoms with E-state index >= 15 is 0 Å². The van der Waals surface area contributed by atoms with E-state index in [-0.39, 0.29) is 22.7 Å². The monoisotopic (exact) mass is 456 g/mol. The van der Waals surface area contributed by atoms with Gasteiger partial charge < -0.3 is 20.4 Å². The standard InChI is InChI=1S/C29H44O4/c1-16(2)8-11-22(30)17(3)19-12-13-28(6)20-9-10-21-26(18(20)14-25(33)29(19,28)7)23(31)15-24(32)27(21,4)5/h8-10,17,19,22-25,30-33H,11-15H2,1-7H3/t17-,19+,22-,23-,24-,25+,28-,29-/m0/s1. The Morgan fingerprint density at radius 1 is 1.06 bits per heavy atom. The molecule has 0 heterocycles. The van der Waals surface area contributed by atoms with Crippen LogP contribution in [0.25, 0.3) is 0 Å². The Hall–Kier alpha value is -1.20. The maximum Gasteiger partial charge on any atom is 0.0820 e. The maximum absolute atomic E-state index is 11.7. The van der Waals surface area contributed by atoms with E-state index in [0.717, 1.165) is 29.5 Å². The number of benzene rings is 1. The number of aliphatic hydroxyl groups excluding tert-OH is 4. The Morgan fingerprint density at radius 2 is 1.70 bits per heavy atom. The van der Waals surface area contributed by atoms with Gasteiger partial charge in [0.15, 0.2) is 0 Å². The summed E-state index contributed by atoms with van der Waals surface area (Å²) in [5.74, 6) is 0.298. The van der Waals surface area contributed by atoms with E-state index in [9.17, 15) is 20.4 Å². The van der Waals surface area contributed by atoms with E-state index in [1.165, 1.54) is 11.1 Å². The van der Waals surface area contributed by atoms with Crippen molar-refractivity contribution in [3.63, 3.8) is 0 Å². The molecule has 0 spiro atoms. The topological polar surface area (TPSA) is 80.9 Å². The van der Waals surface area contributed by atoms with Crippen molar-refractivity contribution in [2.45, 2.75) is 116 Å². The Balaban J connectivity index is 1.78. The Labute approximate surface area is 199 Å². The molecule has 0 unspecified atom stereocenters. The molecule has 4 N–H and O–H groups in total. The highest BCUT2D eigenvalue weighted by Gasteiger charge is 2.63. The summed E-state index contributed by atoms with van der Waals surface area (Å²) >= 11 is 0. The normalized spacial score (nSPS) is 38.6. The molecular formula is C29H44O4. The molecule has 33 heavy (non-hydrogen) atoms. The second-order valence-electron chi connectivity index (χ2n) is 12.5. The number of hydrogen-bond donors (Lipinski definition) is 4. The molecule has 4 nitrogen and oxygen atoms in total. The summed E-state index contributed by atoms with van der Waals surface area (Å²) in [6, 6.07) is 4.32. The smallest absolute Gasteiger partial charge is 0.0820 e. The van der Waals surface area contributed by atoms with Gasteiger partial charge in [0.25, 0.3) is 0 Å². The molecule has 0 aromatic heterocycles. The van der Waals surface area contributed by atoms with Crippen LogP contribution in [0.15, 0.2) is 23.8 Å². The zero-order chi connectivity index (χ0) is 24.5. The maximum atomic E-state index is 11.7. The predicted octanol–water partition coefficient (Wildman–Crippen LogP) is 4.71. The summed E-state index contributed by atoms with van der Waals surface area (Å²) in [5, 5.41) is 44.4. The van der Waals surface area contributed by atoms with Gasteiger partial charge in [-0.15, -0.1) is 0 Å². The number of allylic oxidation sites excluding steroid dienone is 1. The first-order valence-corrected chi connectivity index (χ1v) is 12.8. The van der Waals surface area contributed by atoms with Crippen LogP contribution in [0.3, 0.4) is 0 Å². The Kier molecular flexibility index (Phi) is 6.18. The zero-order valence-corrected chi connectivity index (χ0v) is 21.5. The minimum Gasteiger partial charge on any atom is -0.393 e. The van der Waals surface area contributed by atoms with Crippen LogP contribution in [0.5, 0.6) is 0 Å². The highest BCUT2D eigenvalue weighted by molar-refractivity contribution is 5.53. The lowest BCUT2D eigenvalue weighted by Gasteiger charge is -2.55. The fourth-order valence-corrected chi connectivity index (χ4v) is 7.66. The molecule has 3 aliphatic rings. The molecule has 1 aromatic rings. The van der Waals surface area contributed by atoms with Crippen LogP contribution in [-0.2, 0) is 17.3 Å². The minimum atomic E-state index is -0.708. The van der Waals surface area contributed by atoms with Crippen molar-refractivity contribution in [2.24, 2.45) is 17.3 Å². The van der Waals surface area contributed by atoms with E-state index in [1.807, 2.05) is 13.8 Å². The van der Waals surface area contributed by atoms with Crippen LogP contribution in [0.2, 0.25) is 0 Å². The van der Waals surface area contributed by atoms with Crippen molar-refractivity contribution in [3.8, 4) is 0 Å². The van der Waals surface area contributed by atoms with Crippen molar-refractivity contribution < 1.29 is 20.4 Å². The van der Waals surface area contributed by atoms with Gasteiger partial charge >= 0.3 is 0 Å². The molecule has 0 saturated heterocycles. The lowest BCUT2D eigenvalue weighted by molar-refractivity contribution is -0.0731. The van der Waals surface area contributed by atoms with Crippen LogP contribution in [0.4, 0.5) is 0 Å². The second kappa shape index (κ2) is 8.19. The van der Waals surface area contributed by atoms with Crippen LogP contribution in [-0.4, -0.2) is 38.7 Å². The summed E-state index contributed by atoms with van der Waals surface area (Å²) in [6.07, 6.45) is 3.26. The van der Waals surface area contributed by atoms with Crippen molar-refractivity contribution in [3.05, 3.63) is 46.0 Å². The van der Waals surface area contributed by atoms with Gasteiger partial charge in [0.05, 0.1) is 24.4 Å². The molecule has 184 valence electrons. The van der Waals surface area contributed by atoms with Gasteiger partial charge in [0, 0.05) is 22.7 Å². The van der Waals surface area contributed by atoms with Gasteiger partial charge in [-0.1, -0.05) is 58.4 Å². The predicted molar refractivity (Wildman–Crippen MR) is 132 cm³/mol. The van der Waals surface area contributed by atoms with E-state index in [0.29, 0.717) is 19.3 Å². The summed E-state index contributed by atoms with van der Waals surface area (Å²) < 4.78 is 0. The Bertz CT molecular complexity index is 945. The van der Waals surface area contributed by atoms with E-state index in [1.54, 1.807) is 0 Å². The van der Waals surface area contributed by atoms with Crippen molar-refractivity contribution >= 4 is 0 Å². The van der Waals surface area contributed by atoms with Gasteiger partial charge in [-0.2, -0.15) is 0 Å². The molecule has 1 fully saturated rings. The van der Waals surface area contributed by atoms with Gasteiger partial charge in [-0.3, -0.25) is 0 Å². The largest absolute Gasteiger partial charge is 0.393 e. The molecule has 4 heteroatoms. The van der Waals surface area contributed by atoms with Gasteiger partial charge in [0.1, 0.15) is 0 Å². The average Bonchev–Trinajstić information content (AvgIpc) is 3.02. The molecule has 0 amide bonds. The van der Waals surface area contributed by atoms with Crippen molar-refractivity contribution in [1.82, 2.24) is 0 Å². The molecule has 8 atom stereocenters. The number of aliphatic hydroxyl groups is 4. The molecule has 0 bridgehead atoms. The fourth-order valence-electron chi connectivity index (χ4n) is 7.66. The highest BCUT2D eigenvalue weighted by Crippen LogP contribution is 2.65. The minimum absolute atomic E-state index is 0.0842. The van der Waals surface area contributed by atoms with Crippen molar-refractivity contribution in [1.29, 1.82) is 0 Å². The van der Waals surface area contributed by atoms with E-state index in [4.69, 9.17) is 0 Å². The van der Waals surface area contributed by atoms with Crippen LogP contribution in [0.1, 0.15) is 103 Å². The first kappa shape index (κ1) is 24.9. The molecular weight excluding hydrogens is 412 g/mol. The third-order valence-corrected chi connectivity index (χ3v) is 10.3. The highest BCUT2D eigenvalue weighted by atomic mass is 16.3. The van der Waals surface area contributed by atoms with Gasteiger partial charge in [-0.25, -0.2) is 0 Å². The summed E-state index contributed by atoms with van der Waals surface area (Å²) in [5.41, 5.74) is 4.47. The molecule has 1 aromatic carbocycles. The summed E-state index contributed by atoms with van der Waals surface area (Å²) in [6.45, 7) is 14.9. The summed E-state index contributed by atoms with van der Waals surface area (Å²) in [7, 11) is 0. The van der Waals surface area contributed by atoms with Crippen molar-refractivity contribution in [2.75, 3.05) is 0 Å². The number of hydrogen-bond acceptors (Lipinski definition) is 4. The molecule has 3 aliphatic carbocycles. The average molecular weight is 457 g/mol. The lowest BCUT2D eigenvalue weighted by atomic mass is 9.51. The first-order chi connectivity index (χ1) is 15.3. The van der Waals surface area contributed by atoms with E-state index < -0.39 is 29.8 Å². The first-order valence-electron chi connectivity index (χ1n) is 12.8. The number of rotatable bonds is 4.